The van der Waals surface area contributed by atoms with Crippen LogP contribution in [0.5, 0.6) is 17.2 Å². The van der Waals surface area contributed by atoms with E-state index in [1.165, 1.54) is 27.6 Å². The molecule has 210 valence electrons. The highest BCUT2D eigenvalue weighted by Gasteiger charge is 2.42. The summed E-state index contributed by atoms with van der Waals surface area (Å²) >= 11 is 0. The Hall–Kier alpha value is -4.00. The van der Waals surface area contributed by atoms with Gasteiger partial charge in [-0.1, -0.05) is 50.2 Å². The molecule has 4 aromatic carbocycles. The van der Waals surface area contributed by atoms with Crippen LogP contribution >= 0.6 is 0 Å². The molecule has 0 radical (unpaired) electrons. The van der Waals surface area contributed by atoms with Gasteiger partial charge >= 0.3 is 0 Å². The fourth-order valence-corrected chi connectivity index (χ4v) is 6.85. The minimum Gasteiger partial charge on any atom is -0.495 e. The molecule has 1 aliphatic carbocycles. The first-order valence-corrected chi connectivity index (χ1v) is 14.3. The van der Waals surface area contributed by atoms with E-state index in [4.69, 9.17) is 24.1 Å². The van der Waals surface area contributed by atoms with Crippen LogP contribution < -0.4 is 19.1 Å². The van der Waals surface area contributed by atoms with E-state index in [0.717, 1.165) is 58.1 Å². The molecule has 1 saturated heterocycles. The lowest BCUT2D eigenvalue weighted by atomic mass is 9.76. The summed E-state index contributed by atoms with van der Waals surface area (Å²) in [5, 5.41) is 11.4. The summed E-state index contributed by atoms with van der Waals surface area (Å²) < 4.78 is 23.8. The molecule has 1 N–H and O–H groups in total. The van der Waals surface area contributed by atoms with Crippen LogP contribution in [-0.4, -0.2) is 58.3 Å². The van der Waals surface area contributed by atoms with Gasteiger partial charge in [0.15, 0.2) is 0 Å². The Morgan fingerprint density at radius 2 is 1.73 bits per heavy atom. The number of aliphatic hydroxyl groups excluding tert-OH is 1. The number of benzene rings is 4. The molecule has 0 bridgehead atoms. The van der Waals surface area contributed by atoms with Gasteiger partial charge in [-0.05, 0) is 69.1 Å². The van der Waals surface area contributed by atoms with E-state index >= 15 is 0 Å². The highest BCUT2D eigenvalue weighted by atomic mass is 16.5. The first kappa shape index (κ1) is 25.9. The van der Waals surface area contributed by atoms with E-state index in [1.54, 1.807) is 7.11 Å². The molecule has 0 saturated carbocycles. The number of rotatable bonds is 6. The lowest BCUT2D eigenvalue weighted by Gasteiger charge is -2.32. The van der Waals surface area contributed by atoms with E-state index in [-0.39, 0.29) is 18.6 Å². The zero-order valence-corrected chi connectivity index (χ0v) is 23.8. The summed E-state index contributed by atoms with van der Waals surface area (Å²) in [6, 6.07) is 21.4. The summed E-state index contributed by atoms with van der Waals surface area (Å²) in [4.78, 5) is 2.37. The average Bonchev–Trinajstić information content (AvgIpc) is 3.26. The molecule has 2 aliphatic heterocycles. The quantitative estimate of drug-likeness (QED) is 0.310. The third-order valence-corrected chi connectivity index (χ3v) is 8.72. The van der Waals surface area contributed by atoms with Gasteiger partial charge in [-0.25, -0.2) is 0 Å². The summed E-state index contributed by atoms with van der Waals surface area (Å²) in [5.74, 6) is 2.49. The van der Waals surface area contributed by atoms with E-state index in [2.05, 4.69) is 73.4 Å². The third kappa shape index (κ3) is 4.08. The van der Waals surface area contributed by atoms with Crippen molar-refractivity contribution in [3.05, 3.63) is 89.0 Å². The molecule has 1 fully saturated rings. The SMILES string of the molecule is COc1cc2c3c(c4c(c2cc1N1CCOCC1)-c1ccccc1C4(C)C)C(c1ccc(OCCO)cc1)=CCO3. The topological polar surface area (TPSA) is 60.4 Å². The van der Waals surface area contributed by atoms with E-state index < -0.39 is 0 Å². The van der Waals surface area contributed by atoms with Crippen LogP contribution in [0.25, 0.3) is 27.5 Å². The molecule has 0 amide bonds. The fourth-order valence-electron chi connectivity index (χ4n) is 6.85. The van der Waals surface area contributed by atoms with Gasteiger partial charge in [0.1, 0.15) is 30.5 Å². The van der Waals surface area contributed by atoms with Gasteiger partial charge in [0.25, 0.3) is 0 Å². The standard InChI is InChI=1S/C35H35NO5/c1-35(2)28-7-5-4-6-25(28)31-26-20-29(36-13-17-39-18-14-36)30(38-3)21-27(26)34-32(33(31)35)24(12-16-41-34)22-8-10-23(11-9-22)40-19-15-37/h4-12,20-21,37H,13-19H2,1-3H3. The number of aliphatic hydroxyl groups is 1. The maximum atomic E-state index is 9.16. The monoisotopic (exact) mass is 549 g/mol. The van der Waals surface area contributed by atoms with Crippen molar-refractivity contribution < 1.29 is 24.1 Å². The van der Waals surface area contributed by atoms with E-state index in [1.807, 2.05) is 12.1 Å². The summed E-state index contributed by atoms with van der Waals surface area (Å²) in [5.41, 5.74) is 9.45. The number of hydrogen-bond acceptors (Lipinski definition) is 6. The van der Waals surface area contributed by atoms with Gasteiger partial charge in [0, 0.05) is 29.5 Å². The molecule has 0 spiro atoms. The van der Waals surface area contributed by atoms with Crippen molar-refractivity contribution >= 4 is 22.0 Å². The minimum atomic E-state index is -0.229. The number of ether oxygens (including phenoxy) is 4. The average molecular weight is 550 g/mol. The van der Waals surface area contributed by atoms with Gasteiger partial charge in [-0.3, -0.25) is 0 Å². The molecule has 3 aliphatic rings. The van der Waals surface area contributed by atoms with Gasteiger partial charge in [0.05, 0.1) is 32.6 Å². The van der Waals surface area contributed by atoms with Crippen molar-refractivity contribution in [3.63, 3.8) is 0 Å². The molecular formula is C35H35NO5. The number of anilines is 1. The van der Waals surface area contributed by atoms with Crippen LogP contribution in [0.3, 0.4) is 0 Å². The van der Waals surface area contributed by atoms with Crippen LogP contribution in [0.15, 0.2) is 66.7 Å². The molecule has 0 aromatic heterocycles. The molecule has 4 aromatic rings. The van der Waals surface area contributed by atoms with Gasteiger partial charge < -0.3 is 29.0 Å². The second-order valence-electron chi connectivity index (χ2n) is 11.3. The maximum Gasteiger partial charge on any atom is 0.142 e. The largest absolute Gasteiger partial charge is 0.495 e. The second kappa shape index (κ2) is 10.1. The van der Waals surface area contributed by atoms with Gasteiger partial charge in [0.2, 0.25) is 0 Å². The van der Waals surface area contributed by atoms with Crippen LogP contribution in [-0.2, 0) is 10.2 Å². The molecule has 41 heavy (non-hydrogen) atoms. The smallest absolute Gasteiger partial charge is 0.142 e. The Labute approximate surface area is 240 Å². The van der Waals surface area contributed by atoms with Crippen LogP contribution in [0.2, 0.25) is 0 Å². The molecular weight excluding hydrogens is 514 g/mol. The molecule has 6 heteroatoms. The summed E-state index contributed by atoms with van der Waals surface area (Å²) in [6.07, 6.45) is 2.19. The lowest BCUT2D eigenvalue weighted by molar-refractivity contribution is 0.122. The van der Waals surface area contributed by atoms with Crippen LogP contribution in [0.4, 0.5) is 5.69 Å². The first-order chi connectivity index (χ1) is 20.0. The van der Waals surface area contributed by atoms with E-state index in [0.29, 0.717) is 19.8 Å². The Morgan fingerprint density at radius 3 is 2.49 bits per heavy atom. The highest BCUT2D eigenvalue weighted by molar-refractivity contribution is 6.12. The third-order valence-electron chi connectivity index (χ3n) is 8.72. The van der Waals surface area contributed by atoms with Gasteiger partial charge in [-0.15, -0.1) is 0 Å². The van der Waals surface area contributed by atoms with Crippen LogP contribution in [0.1, 0.15) is 36.1 Å². The van der Waals surface area contributed by atoms with Gasteiger partial charge in [-0.2, -0.15) is 0 Å². The Morgan fingerprint density at radius 1 is 0.951 bits per heavy atom. The van der Waals surface area contributed by atoms with Crippen molar-refractivity contribution in [2.24, 2.45) is 0 Å². The Kier molecular flexibility index (Phi) is 6.40. The molecule has 0 unspecified atom stereocenters. The fraction of sp³-hybridized carbons (Fsp3) is 0.314. The lowest BCUT2D eigenvalue weighted by Crippen LogP contribution is -2.36. The van der Waals surface area contributed by atoms with E-state index in [9.17, 15) is 0 Å². The maximum absolute atomic E-state index is 9.16. The summed E-state index contributed by atoms with van der Waals surface area (Å²) in [7, 11) is 1.75. The van der Waals surface area contributed by atoms with Crippen molar-refractivity contribution in [2.45, 2.75) is 19.3 Å². The van der Waals surface area contributed by atoms with Crippen molar-refractivity contribution in [2.75, 3.05) is 58.1 Å². The van der Waals surface area contributed by atoms with Crippen LogP contribution in [0, 0.1) is 0 Å². The Balaban J connectivity index is 1.51. The van der Waals surface area contributed by atoms with Crippen molar-refractivity contribution in [1.29, 1.82) is 0 Å². The van der Waals surface area contributed by atoms with Crippen molar-refractivity contribution in [3.8, 4) is 28.4 Å². The number of nitrogens with zero attached hydrogens (tertiary/aromatic N) is 1. The predicted molar refractivity (Wildman–Crippen MR) is 163 cm³/mol. The number of methoxy groups -OCH3 is 1. The highest BCUT2D eigenvalue weighted by Crippen LogP contribution is 2.59. The molecule has 2 heterocycles. The zero-order chi connectivity index (χ0) is 28.1. The molecule has 7 rings (SSSR count). The number of fused-ring (bicyclic) bond motifs is 8. The predicted octanol–water partition coefficient (Wildman–Crippen LogP) is 6.19. The minimum absolute atomic E-state index is 0.0107. The normalized spacial score (nSPS) is 16.9. The Bertz CT molecular complexity index is 1670. The summed E-state index contributed by atoms with van der Waals surface area (Å²) in [6.45, 7) is 8.49. The zero-order valence-electron chi connectivity index (χ0n) is 23.8. The first-order valence-electron chi connectivity index (χ1n) is 14.3. The van der Waals surface area contributed by atoms with Crippen molar-refractivity contribution in [1.82, 2.24) is 0 Å². The molecule has 0 atom stereocenters. The number of hydrogen-bond donors (Lipinski definition) is 1. The second-order valence-corrected chi connectivity index (χ2v) is 11.3. The molecule has 6 nitrogen and oxygen atoms in total. The number of morpholine rings is 1.